The van der Waals surface area contributed by atoms with Crippen LogP contribution in [0.4, 0.5) is 14.5 Å². The third-order valence-corrected chi connectivity index (χ3v) is 4.10. The van der Waals surface area contributed by atoms with Crippen molar-refractivity contribution in [2.24, 2.45) is 4.99 Å². The van der Waals surface area contributed by atoms with E-state index in [0.29, 0.717) is 37.0 Å². The van der Waals surface area contributed by atoms with Crippen LogP contribution in [0.3, 0.4) is 0 Å². The van der Waals surface area contributed by atoms with Crippen molar-refractivity contribution in [1.82, 2.24) is 5.32 Å². The van der Waals surface area contributed by atoms with Crippen molar-refractivity contribution in [3.63, 3.8) is 0 Å². The van der Waals surface area contributed by atoms with Crippen LogP contribution >= 0.6 is 24.0 Å². The van der Waals surface area contributed by atoms with Gasteiger partial charge in [0.05, 0.1) is 20.8 Å². The van der Waals surface area contributed by atoms with Crippen molar-refractivity contribution in [1.29, 1.82) is 0 Å². The Balaban J connectivity index is 0.00000480. The van der Waals surface area contributed by atoms with Crippen LogP contribution in [0, 0.1) is 0 Å². The van der Waals surface area contributed by atoms with Crippen LogP contribution in [-0.4, -0.2) is 47.0 Å². The number of halogens is 3. The SMILES string of the molecule is CCOc1cc(NC(=NC)NCCc2ccc(OC)c(OC(F)F)c2)ccc1OC.I. The minimum atomic E-state index is -2.92. The molecule has 31 heavy (non-hydrogen) atoms. The highest BCUT2D eigenvalue weighted by molar-refractivity contribution is 14.0. The molecule has 0 aliphatic carbocycles. The second-order valence-electron chi connectivity index (χ2n) is 6.04. The minimum absolute atomic E-state index is 0. The van der Waals surface area contributed by atoms with Gasteiger partial charge in [0, 0.05) is 25.3 Å². The maximum absolute atomic E-state index is 12.6. The van der Waals surface area contributed by atoms with Gasteiger partial charge in [-0.25, -0.2) is 0 Å². The van der Waals surface area contributed by atoms with Gasteiger partial charge in [-0.05, 0) is 43.2 Å². The predicted molar refractivity (Wildman–Crippen MR) is 128 cm³/mol. The molecule has 0 saturated carbocycles. The van der Waals surface area contributed by atoms with E-state index in [0.717, 1.165) is 11.3 Å². The smallest absolute Gasteiger partial charge is 0.387 e. The number of guanidine groups is 1. The average molecular weight is 551 g/mol. The summed E-state index contributed by atoms with van der Waals surface area (Å²) in [5, 5.41) is 6.36. The monoisotopic (exact) mass is 551 g/mol. The summed E-state index contributed by atoms with van der Waals surface area (Å²) in [6.45, 7) is 0.0265. The molecule has 0 heterocycles. The highest BCUT2D eigenvalue weighted by Gasteiger charge is 2.11. The Morgan fingerprint density at radius 3 is 2.29 bits per heavy atom. The van der Waals surface area contributed by atoms with Crippen molar-refractivity contribution >= 4 is 35.6 Å². The van der Waals surface area contributed by atoms with Gasteiger partial charge in [0.1, 0.15) is 0 Å². The van der Waals surface area contributed by atoms with Crippen LogP contribution in [0.2, 0.25) is 0 Å². The van der Waals surface area contributed by atoms with E-state index < -0.39 is 6.61 Å². The maximum atomic E-state index is 12.6. The fraction of sp³-hybridized carbons (Fsp3) is 0.381. The van der Waals surface area contributed by atoms with Gasteiger partial charge in [0.2, 0.25) is 0 Å². The zero-order valence-corrected chi connectivity index (χ0v) is 20.2. The van der Waals surface area contributed by atoms with Crippen LogP contribution in [-0.2, 0) is 6.42 Å². The second-order valence-corrected chi connectivity index (χ2v) is 6.04. The number of ether oxygens (including phenoxy) is 4. The quantitative estimate of drug-likeness (QED) is 0.257. The molecule has 0 bridgehead atoms. The van der Waals surface area contributed by atoms with Gasteiger partial charge >= 0.3 is 6.61 Å². The van der Waals surface area contributed by atoms with E-state index in [1.54, 1.807) is 32.4 Å². The first-order valence-electron chi connectivity index (χ1n) is 9.40. The van der Waals surface area contributed by atoms with E-state index >= 15 is 0 Å². The molecule has 2 rings (SSSR count). The van der Waals surface area contributed by atoms with Gasteiger partial charge < -0.3 is 29.6 Å². The van der Waals surface area contributed by atoms with Gasteiger partial charge in [-0.2, -0.15) is 8.78 Å². The number of nitrogens with zero attached hydrogens (tertiary/aromatic N) is 1. The summed E-state index contributed by atoms with van der Waals surface area (Å²) in [6.07, 6.45) is 0.567. The van der Waals surface area contributed by atoms with Crippen molar-refractivity contribution in [2.45, 2.75) is 20.0 Å². The lowest BCUT2D eigenvalue weighted by Crippen LogP contribution is -2.32. The number of hydrogen-bond donors (Lipinski definition) is 2. The lowest BCUT2D eigenvalue weighted by Gasteiger charge is -2.15. The largest absolute Gasteiger partial charge is 0.493 e. The number of nitrogens with one attached hydrogen (secondary N) is 2. The molecular formula is C21H28F2IN3O4. The van der Waals surface area contributed by atoms with E-state index in [1.807, 2.05) is 25.1 Å². The Morgan fingerprint density at radius 1 is 1.00 bits per heavy atom. The number of benzene rings is 2. The lowest BCUT2D eigenvalue weighted by atomic mass is 10.1. The summed E-state index contributed by atoms with van der Waals surface area (Å²) in [7, 11) is 4.65. The third kappa shape index (κ3) is 8.27. The Bertz CT molecular complexity index is 853. The maximum Gasteiger partial charge on any atom is 0.387 e. The summed E-state index contributed by atoms with van der Waals surface area (Å²) in [5.41, 5.74) is 1.60. The van der Waals surface area contributed by atoms with Crippen molar-refractivity contribution in [2.75, 3.05) is 39.7 Å². The van der Waals surface area contributed by atoms with E-state index in [2.05, 4.69) is 20.4 Å². The summed E-state index contributed by atoms with van der Waals surface area (Å²) in [5.74, 6) is 2.10. The summed E-state index contributed by atoms with van der Waals surface area (Å²) in [6, 6.07) is 10.4. The third-order valence-electron chi connectivity index (χ3n) is 4.10. The standard InChI is InChI=1S/C21H27F2N3O4.HI/c1-5-29-18-13-15(7-9-16(18)27-3)26-21(24-2)25-11-10-14-6-8-17(28-4)19(12-14)30-20(22)23;/h6-9,12-13,20H,5,10-11H2,1-4H3,(H2,24,25,26);1H. The topological polar surface area (TPSA) is 73.3 Å². The zero-order valence-electron chi connectivity index (χ0n) is 17.9. The second kappa shape index (κ2) is 13.7. The van der Waals surface area contributed by atoms with Crippen molar-refractivity contribution < 1.29 is 27.7 Å². The number of alkyl halides is 2. The first-order valence-corrected chi connectivity index (χ1v) is 9.40. The van der Waals surface area contributed by atoms with Crippen molar-refractivity contribution in [3.8, 4) is 23.0 Å². The fourth-order valence-corrected chi connectivity index (χ4v) is 2.73. The molecule has 0 amide bonds. The normalized spacial score (nSPS) is 10.9. The molecule has 0 fully saturated rings. The Kier molecular flexibility index (Phi) is 11.8. The van der Waals surface area contributed by atoms with E-state index in [-0.39, 0.29) is 35.5 Å². The molecule has 0 spiro atoms. The molecule has 172 valence electrons. The zero-order chi connectivity index (χ0) is 21.9. The Hall–Kier alpha value is -2.50. The molecule has 7 nitrogen and oxygen atoms in total. The highest BCUT2D eigenvalue weighted by Crippen LogP contribution is 2.31. The van der Waals surface area contributed by atoms with Crippen LogP contribution < -0.4 is 29.6 Å². The molecular weight excluding hydrogens is 523 g/mol. The summed E-state index contributed by atoms with van der Waals surface area (Å²) < 4.78 is 45.6. The first-order chi connectivity index (χ1) is 14.5. The highest BCUT2D eigenvalue weighted by atomic mass is 127. The number of methoxy groups -OCH3 is 2. The van der Waals surface area contributed by atoms with Gasteiger partial charge in [-0.15, -0.1) is 24.0 Å². The molecule has 2 aromatic rings. The number of anilines is 1. The first kappa shape index (κ1) is 26.5. The number of rotatable bonds is 10. The number of hydrogen-bond acceptors (Lipinski definition) is 5. The molecule has 0 radical (unpaired) electrons. The van der Waals surface area contributed by atoms with Gasteiger partial charge in [0.25, 0.3) is 0 Å². The molecule has 0 aliphatic heterocycles. The molecule has 0 aromatic heterocycles. The predicted octanol–water partition coefficient (Wildman–Crippen LogP) is 4.55. The fourth-order valence-electron chi connectivity index (χ4n) is 2.73. The van der Waals surface area contributed by atoms with Crippen LogP contribution in [0.15, 0.2) is 41.4 Å². The van der Waals surface area contributed by atoms with Gasteiger partial charge in [-0.1, -0.05) is 6.07 Å². The molecule has 0 unspecified atom stereocenters. The molecule has 0 atom stereocenters. The van der Waals surface area contributed by atoms with Crippen LogP contribution in [0.25, 0.3) is 0 Å². The summed E-state index contributed by atoms with van der Waals surface area (Å²) in [4.78, 5) is 4.20. The van der Waals surface area contributed by atoms with Gasteiger partial charge in [-0.3, -0.25) is 4.99 Å². The van der Waals surface area contributed by atoms with Crippen LogP contribution in [0.5, 0.6) is 23.0 Å². The van der Waals surface area contributed by atoms with E-state index in [4.69, 9.17) is 14.2 Å². The lowest BCUT2D eigenvalue weighted by molar-refractivity contribution is -0.0512. The molecule has 0 aliphatic rings. The Morgan fingerprint density at radius 2 is 1.68 bits per heavy atom. The van der Waals surface area contributed by atoms with E-state index in [1.165, 1.54) is 7.11 Å². The van der Waals surface area contributed by atoms with Crippen LogP contribution in [0.1, 0.15) is 12.5 Å². The molecule has 2 N–H and O–H groups in total. The molecule has 10 heteroatoms. The van der Waals surface area contributed by atoms with E-state index in [9.17, 15) is 8.78 Å². The van der Waals surface area contributed by atoms with Gasteiger partial charge in [0.15, 0.2) is 29.0 Å². The minimum Gasteiger partial charge on any atom is -0.493 e. The average Bonchev–Trinajstić information content (AvgIpc) is 2.73. The number of aliphatic imine (C=N–C) groups is 1. The summed E-state index contributed by atoms with van der Waals surface area (Å²) >= 11 is 0. The Labute approximate surface area is 198 Å². The molecule has 2 aromatic carbocycles. The molecule has 0 saturated heterocycles. The van der Waals surface area contributed by atoms with Crippen molar-refractivity contribution in [3.05, 3.63) is 42.0 Å².